The van der Waals surface area contributed by atoms with E-state index in [1.807, 2.05) is 6.92 Å². The minimum absolute atomic E-state index is 0.0360. The number of nitrogens with zero attached hydrogens (tertiary/aromatic N) is 1. The quantitative estimate of drug-likeness (QED) is 0.761. The zero-order valence-corrected chi connectivity index (χ0v) is 16.1. The van der Waals surface area contributed by atoms with Crippen molar-refractivity contribution in [3.05, 3.63) is 58.9 Å². The van der Waals surface area contributed by atoms with E-state index in [-0.39, 0.29) is 12.1 Å². The molecule has 5 nitrogen and oxygen atoms in total. The molecule has 0 aliphatic carbocycles. The summed E-state index contributed by atoms with van der Waals surface area (Å²) in [6.45, 7) is 2.21. The SMILES string of the molecule is CCCCN(C)S(=O)(=O)c1cc(C(=O)Nc2cccc(Cl)c2)ccc1F. The number of hydrogen-bond donors (Lipinski definition) is 1. The van der Waals surface area contributed by atoms with E-state index in [0.29, 0.717) is 17.1 Å². The van der Waals surface area contributed by atoms with Gasteiger partial charge in [-0.3, -0.25) is 4.79 Å². The average Bonchev–Trinajstić information content (AvgIpc) is 2.59. The summed E-state index contributed by atoms with van der Waals surface area (Å²) in [5.74, 6) is -1.45. The first-order valence-electron chi connectivity index (χ1n) is 8.08. The van der Waals surface area contributed by atoms with Gasteiger partial charge in [-0.15, -0.1) is 0 Å². The highest BCUT2D eigenvalue weighted by Gasteiger charge is 2.25. The Labute approximate surface area is 157 Å². The van der Waals surface area contributed by atoms with Crippen LogP contribution in [0, 0.1) is 5.82 Å². The summed E-state index contributed by atoms with van der Waals surface area (Å²) in [4.78, 5) is 11.9. The van der Waals surface area contributed by atoms with Crippen LogP contribution < -0.4 is 5.32 Å². The number of amides is 1. The Bertz CT molecular complexity index is 903. The summed E-state index contributed by atoms with van der Waals surface area (Å²) < 4.78 is 40.4. The zero-order valence-electron chi connectivity index (χ0n) is 14.5. The summed E-state index contributed by atoms with van der Waals surface area (Å²) in [7, 11) is -2.63. The van der Waals surface area contributed by atoms with Gasteiger partial charge in [0, 0.05) is 29.9 Å². The number of halogens is 2. The van der Waals surface area contributed by atoms with Crippen molar-refractivity contribution in [3.8, 4) is 0 Å². The van der Waals surface area contributed by atoms with Crippen molar-refractivity contribution < 1.29 is 17.6 Å². The molecular weight excluding hydrogens is 379 g/mol. The van der Waals surface area contributed by atoms with Crippen molar-refractivity contribution in [1.29, 1.82) is 0 Å². The molecule has 0 bridgehead atoms. The van der Waals surface area contributed by atoms with E-state index in [1.54, 1.807) is 24.3 Å². The summed E-state index contributed by atoms with van der Waals surface area (Å²) in [5, 5.41) is 3.05. The number of carbonyl (C=O) groups excluding carboxylic acids is 1. The third-order valence-corrected chi connectivity index (χ3v) is 5.90. The molecule has 2 rings (SSSR count). The first kappa shape index (κ1) is 20.4. The fourth-order valence-electron chi connectivity index (χ4n) is 2.28. The second-order valence-corrected chi connectivity index (χ2v) is 8.24. The lowest BCUT2D eigenvalue weighted by Gasteiger charge is -2.17. The predicted octanol–water partition coefficient (Wildman–Crippen LogP) is 4.15. The van der Waals surface area contributed by atoms with Crippen LogP contribution >= 0.6 is 11.6 Å². The fraction of sp³-hybridized carbons (Fsp3) is 0.278. The third kappa shape index (κ3) is 4.81. The number of anilines is 1. The lowest BCUT2D eigenvalue weighted by molar-refractivity contribution is 0.102. The Balaban J connectivity index is 2.30. The Kier molecular flexibility index (Phi) is 6.75. The smallest absolute Gasteiger partial charge is 0.255 e. The molecule has 0 unspecified atom stereocenters. The summed E-state index contributed by atoms with van der Waals surface area (Å²) in [6, 6.07) is 9.79. The molecule has 0 atom stereocenters. The van der Waals surface area contributed by atoms with Gasteiger partial charge in [-0.1, -0.05) is 31.0 Å². The molecular formula is C18H20ClFN2O3S. The van der Waals surface area contributed by atoms with Gasteiger partial charge in [0.1, 0.15) is 10.7 Å². The minimum Gasteiger partial charge on any atom is -0.322 e. The Morgan fingerprint density at radius 1 is 1.23 bits per heavy atom. The lowest BCUT2D eigenvalue weighted by Crippen LogP contribution is -2.29. The molecule has 0 aliphatic rings. The molecule has 2 aromatic rings. The van der Waals surface area contributed by atoms with Crippen LogP contribution in [-0.2, 0) is 10.0 Å². The molecule has 0 radical (unpaired) electrons. The van der Waals surface area contributed by atoms with Gasteiger partial charge in [0.2, 0.25) is 10.0 Å². The van der Waals surface area contributed by atoms with Crippen molar-refractivity contribution in [2.75, 3.05) is 18.9 Å². The van der Waals surface area contributed by atoms with Crippen molar-refractivity contribution in [1.82, 2.24) is 4.31 Å². The number of sulfonamides is 1. The second kappa shape index (κ2) is 8.62. The van der Waals surface area contributed by atoms with Crippen LogP contribution in [0.15, 0.2) is 47.4 Å². The van der Waals surface area contributed by atoms with Crippen LogP contribution in [0.25, 0.3) is 0 Å². The topological polar surface area (TPSA) is 66.5 Å². The maximum absolute atomic E-state index is 14.1. The number of nitrogens with one attached hydrogen (secondary N) is 1. The highest BCUT2D eigenvalue weighted by Crippen LogP contribution is 2.22. The van der Waals surface area contributed by atoms with Crippen molar-refractivity contribution in [3.63, 3.8) is 0 Å². The van der Waals surface area contributed by atoms with Gasteiger partial charge in [0.25, 0.3) is 5.91 Å². The highest BCUT2D eigenvalue weighted by molar-refractivity contribution is 7.89. The molecule has 8 heteroatoms. The fourth-order valence-corrected chi connectivity index (χ4v) is 3.77. The van der Waals surface area contributed by atoms with Gasteiger partial charge in [-0.25, -0.2) is 17.1 Å². The van der Waals surface area contributed by atoms with E-state index in [1.165, 1.54) is 13.1 Å². The average molecular weight is 399 g/mol. The maximum atomic E-state index is 14.1. The molecule has 0 aromatic heterocycles. The number of rotatable bonds is 7. The van der Waals surface area contributed by atoms with Gasteiger partial charge >= 0.3 is 0 Å². The van der Waals surface area contributed by atoms with Crippen LogP contribution in [0.2, 0.25) is 5.02 Å². The van der Waals surface area contributed by atoms with Gasteiger partial charge in [0.15, 0.2) is 0 Å². The van der Waals surface area contributed by atoms with Gasteiger partial charge in [-0.05, 0) is 42.8 Å². The number of carbonyl (C=O) groups is 1. The Hall–Kier alpha value is -1.96. The number of benzene rings is 2. The normalized spacial score (nSPS) is 11.6. The predicted molar refractivity (Wildman–Crippen MR) is 101 cm³/mol. The number of hydrogen-bond acceptors (Lipinski definition) is 3. The molecule has 26 heavy (non-hydrogen) atoms. The van der Waals surface area contributed by atoms with E-state index in [2.05, 4.69) is 5.32 Å². The molecule has 0 heterocycles. The molecule has 0 saturated heterocycles. The third-order valence-electron chi connectivity index (χ3n) is 3.79. The molecule has 0 fully saturated rings. The highest BCUT2D eigenvalue weighted by atomic mass is 35.5. The van der Waals surface area contributed by atoms with Crippen molar-refractivity contribution in [2.45, 2.75) is 24.7 Å². The molecule has 0 aliphatic heterocycles. The summed E-state index contributed by atoms with van der Waals surface area (Å²) in [6.07, 6.45) is 1.47. The van der Waals surface area contributed by atoms with Crippen molar-refractivity contribution in [2.24, 2.45) is 0 Å². The number of unbranched alkanes of at least 4 members (excludes halogenated alkanes) is 1. The van der Waals surface area contributed by atoms with E-state index >= 15 is 0 Å². The molecule has 2 aromatic carbocycles. The first-order valence-corrected chi connectivity index (χ1v) is 9.90. The van der Waals surface area contributed by atoms with Crippen LogP contribution in [0.3, 0.4) is 0 Å². The van der Waals surface area contributed by atoms with Gasteiger partial charge in [0.05, 0.1) is 0 Å². The van der Waals surface area contributed by atoms with E-state index in [4.69, 9.17) is 11.6 Å². The van der Waals surface area contributed by atoms with Crippen LogP contribution in [-0.4, -0.2) is 32.2 Å². The lowest BCUT2D eigenvalue weighted by atomic mass is 10.2. The summed E-state index contributed by atoms with van der Waals surface area (Å²) in [5.41, 5.74) is 0.491. The standard InChI is InChI=1S/C18H20ClFN2O3S/c1-3-4-10-22(2)26(24,25)17-11-13(8-9-16(17)20)18(23)21-15-7-5-6-14(19)12-15/h5-9,11-12H,3-4,10H2,1-2H3,(H,21,23). The largest absolute Gasteiger partial charge is 0.322 e. The molecule has 0 saturated carbocycles. The van der Waals surface area contributed by atoms with Crippen LogP contribution in [0.1, 0.15) is 30.1 Å². The van der Waals surface area contributed by atoms with Gasteiger partial charge < -0.3 is 5.32 Å². The second-order valence-electron chi connectivity index (χ2n) is 5.79. The van der Waals surface area contributed by atoms with Crippen molar-refractivity contribution >= 4 is 33.2 Å². The minimum atomic E-state index is -4.02. The van der Waals surface area contributed by atoms with Crippen LogP contribution in [0.4, 0.5) is 10.1 Å². The Morgan fingerprint density at radius 2 is 1.96 bits per heavy atom. The zero-order chi connectivity index (χ0) is 19.3. The maximum Gasteiger partial charge on any atom is 0.255 e. The monoisotopic (exact) mass is 398 g/mol. The van der Waals surface area contributed by atoms with E-state index < -0.39 is 26.6 Å². The molecule has 0 spiro atoms. The van der Waals surface area contributed by atoms with Gasteiger partial charge in [-0.2, -0.15) is 0 Å². The first-order chi connectivity index (χ1) is 12.3. The molecule has 140 valence electrons. The van der Waals surface area contributed by atoms with E-state index in [9.17, 15) is 17.6 Å². The van der Waals surface area contributed by atoms with Crippen LogP contribution in [0.5, 0.6) is 0 Å². The molecule has 1 N–H and O–H groups in total. The molecule has 1 amide bonds. The van der Waals surface area contributed by atoms with E-state index in [0.717, 1.165) is 22.9 Å². The Morgan fingerprint density at radius 3 is 2.62 bits per heavy atom. The summed E-state index contributed by atoms with van der Waals surface area (Å²) >= 11 is 5.87.